The molecule has 108 valence electrons. The highest BCUT2D eigenvalue weighted by Crippen LogP contribution is 2.10. The number of rotatable bonds is 7. The first-order chi connectivity index (χ1) is 9.79. The van der Waals surface area contributed by atoms with Gasteiger partial charge in [-0.1, -0.05) is 36.4 Å². The zero-order chi connectivity index (χ0) is 14.2. The molecule has 1 aliphatic heterocycles. The van der Waals surface area contributed by atoms with Crippen LogP contribution in [0.2, 0.25) is 0 Å². The van der Waals surface area contributed by atoms with E-state index >= 15 is 0 Å². The van der Waals surface area contributed by atoms with Crippen LogP contribution in [0.4, 0.5) is 0 Å². The van der Waals surface area contributed by atoms with Crippen LogP contribution in [0.15, 0.2) is 43.0 Å². The molecular weight excluding hydrogens is 256 g/mol. The van der Waals surface area contributed by atoms with Gasteiger partial charge in [-0.15, -0.1) is 6.58 Å². The molecule has 1 fully saturated rings. The highest BCUT2D eigenvalue weighted by atomic mass is 16.6. The molecule has 0 spiro atoms. The minimum absolute atomic E-state index is 0.115. The number of nitrogens with one attached hydrogen (secondary N) is 2. The van der Waals surface area contributed by atoms with Gasteiger partial charge in [0.25, 0.3) is 0 Å². The van der Waals surface area contributed by atoms with Crippen LogP contribution < -0.4 is 10.8 Å². The van der Waals surface area contributed by atoms with Crippen molar-refractivity contribution in [2.45, 2.75) is 25.1 Å². The van der Waals surface area contributed by atoms with E-state index in [9.17, 15) is 4.79 Å². The first-order valence-corrected chi connectivity index (χ1v) is 6.71. The first kappa shape index (κ1) is 14.7. The topological polar surface area (TPSA) is 59.6 Å². The standard InChI is InChI=1S/C15H20N2O3/c1-2-8-20-17-13-9-14(16-10-13)15(18)19-11-12-6-4-3-5-7-12/h2-7,13-14,16-17H,1,8-11H2. The van der Waals surface area contributed by atoms with Gasteiger partial charge < -0.3 is 10.1 Å². The number of esters is 1. The summed E-state index contributed by atoms with van der Waals surface area (Å²) in [6.45, 7) is 5.00. The minimum Gasteiger partial charge on any atom is -0.460 e. The van der Waals surface area contributed by atoms with Crippen molar-refractivity contribution in [2.24, 2.45) is 0 Å². The molecule has 5 heteroatoms. The predicted molar refractivity (Wildman–Crippen MR) is 75.7 cm³/mol. The van der Waals surface area contributed by atoms with E-state index in [1.165, 1.54) is 0 Å². The molecule has 1 saturated heterocycles. The molecule has 1 heterocycles. The maximum absolute atomic E-state index is 11.9. The summed E-state index contributed by atoms with van der Waals surface area (Å²) < 4.78 is 5.30. The molecule has 1 aromatic carbocycles. The summed E-state index contributed by atoms with van der Waals surface area (Å²) in [5.41, 5.74) is 3.89. The van der Waals surface area contributed by atoms with E-state index in [1.54, 1.807) is 6.08 Å². The lowest BCUT2D eigenvalue weighted by Crippen LogP contribution is -2.32. The molecule has 1 aromatic rings. The number of carbonyl (C=O) groups excluding carboxylic acids is 1. The van der Waals surface area contributed by atoms with Crippen molar-refractivity contribution in [1.82, 2.24) is 10.8 Å². The molecule has 0 bridgehead atoms. The number of benzene rings is 1. The SMILES string of the molecule is C=CCONC1CNC(C(=O)OCc2ccccc2)C1. The van der Waals surface area contributed by atoms with Crippen LogP contribution in [0.1, 0.15) is 12.0 Å². The predicted octanol–water partition coefficient (Wildman–Crippen LogP) is 1.17. The van der Waals surface area contributed by atoms with E-state index in [2.05, 4.69) is 17.4 Å². The lowest BCUT2D eigenvalue weighted by Gasteiger charge is -2.11. The summed E-state index contributed by atoms with van der Waals surface area (Å²) in [6.07, 6.45) is 2.33. The van der Waals surface area contributed by atoms with Gasteiger partial charge in [0.15, 0.2) is 0 Å². The van der Waals surface area contributed by atoms with Crippen LogP contribution in [0.25, 0.3) is 0 Å². The third-order valence-electron chi connectivity index (χ3n) is 3.09. The van der Waals surface area contributed by atoms with Crippen molar-refractivity contribution in [3.63, 3.8) is 0 Å². The molecule has 0 saturated carbocycles. The van der Waals surface area contributed by atoms with Crippen LogP contribution in [-0.4, -0.2) is 31.2 Å². The summed E-state index contributed by atoms with van der Waals surface area (Å²) >= 11 is 0. The average molecular weight is 276 g/mol. The smallest absolute Gasteiger partial charge is 0.323 e. The lowest BCUT2D eigenvalue weighted by molar-refractivity contribution is -0.147. The van der Waals surface area contributed by atoms with E-state index < -0.39 is 0 Å². The van der Waals surface area contributed by atoms with Gasteiger partial charge >= 0.3 is 5.97 Å². The molecule has 0 aliphatic carbocycles. The molecule has 2 unspecified atom stereocenters. The first-order valence-electron chi connectivity index (χ1n) is 6.71. The zero-order valence-electron chi connectivity index (χ0n) is 11.4. The number of hydrogen-bond donors (Lipinski definition) is 2. The van der Waals surface area contributed by atoms with E-state index in [0.29, 0.717) is 26.2 Å². The molecule has 2 rings (SSSR count). The summed E-state index contributed by atoms with van der Waals surface area (Å²) in [4.78, 5) is 17.1. The van der Waals surface area contributed by atoms with Gasteiger partial charge in [-0.25, -0.2) is 0 Å². The maximum atomic E-state index is 11.9. The van der Waals surface area contributed by atoms with Crippen molar-refractivity contribution in [1.29, 1.82) is 0 Å². The van der Waals surface area contributed by atoms with Crippen molar-refractivity contribution in [3.8, 4) is 0 Å². The van der Waals surface area contributed by atoms with Crippen molar-refractivity contribution >= 4 is 5.97 Å². The largest absolute Gasteiger partial charge is 0.460 e. The summed E-state index contributed by atoms with van der Waals surface area (Å²) in [7, 11) is 0. The van der Waals surface area contributed by atoms with E-state index in [-0.39, 0.29) is 18.1 Å². The van der Waals surface area contributed by atoms with Crippen molar-refractivity contribution in [2.75, 3.05) is 13.2 Å². The van der Waals surface area contributed by atoms with Gasteiger partial charge in [0, 0.05) is 12.6 Å². The van der Waals surface area contributed by atoms with E-state index in [4.69, 9.17) is 9.57 Å². The molecule has 0 amide bonds. The van der Waals surface area contributed by atoms with E-state index in [0.717, 1.165) is 5.56 Å². The Morgan fingerprint density at radius 2 is 2.25 bits per heavy atom. The number of carbonyl (C=O) groups is 1. The second kappa shape index (κ2) is 7.79. The second-order valence-corrected chi connectivity index (χ2v) is 4.70. The van der Waals surface area contributed by atoms with Crippen molar-refractivity contribution < 1.29 is 14.4 Å². The van der Waals surface area contributed by atoms with Crippen LogP contribution in [0, 0.1) is 0 Å². The van der Waals surface area contributed by atoms with Crippen LogP contribution >= 0.6 is 0 Å². The Bertz CT molecular complexity index is 436. The maximum Gasteiger partial charge on any atom is 0.323 e. The fourth-order valence-corrected chi connectivity index (χ4v) is 2.06. The van der Waals surface area contributed by atoms with Gasteiger partial charge in [0.2, 0.25) is 0 Å². The quantitative estimate of drug-likeness (QED) is 0.339. The highest BCUT2D eigenvalue weighted by molar-refractivity contribution is 5.76. The van der Waals surface area contributed by atoms with Gasteiger partial charge in [0.05, 0.1) is 6.61 Å². The normalized spacial score (nSPS) is 21.6. The van der Waals surface area contributed by atoms with Crippen LogP contribution in [0.3, 0.4) is 0 Å². The zero-order valence-corrected chi connectivity index (χ0v) is 11.4. The third-order valence-corrected chi connectivity index (χ3v) is 3.09. The van der Waals surface area contributed by atoms with Crippen LogP contribution in [0.5, 0.6) is 0 Å². The Balaban J connectivity index is 1.70. The van der Waals surface area contributed by atoms with Gasteiger partial charge in [-0.3, -0.25) is 9.63 Å². The lowest BCUT2D eigenvalue weighted by atomic mass is 10.2. The number of hydrogen-bond acceptors (Lipinski definition) is 5. The van der Waals surface area contributed by atoms with Crippen molar-refractivity contribution in [3.05, 3.63) is 48.6 Å². The molecule has 0 radical (unpaired) electrons. The highest BCUT2D eigenvalue weighted by Gasteiger charge is 2.30. The Hall–Kier alpha value is -1.69. The monoisotopic (exact) mass is 276 g/mol. The molecule has 1 aliphatic rings. The molecule has 20 heavy (non-hydrogen) atoms. The Labute approximate surface area is 118 Å². The number of hydroxylamine groups is 1. The van der Waals surface area contributed by atoms with Gasteiger partial charge in [-0.2, -0.15) is 5.48 Å². The fourth-order valence-electron chi connectivity index (χ4n) is 2.06. The summed E-state index contributed by atoms with van der Waals surface area (Å²) in [5, 5.41) is 3.13. The fraction of sp³-hybridized carbons (Fsp3) is 0.400. The van der Waals surface area contributed by atoms with Gasteiger partial charge in [-0.05, 0) is 12.0 Å². The molecule has 2 N–H and O–H groups in total. The molecule has 5 nitrogen and oxygen atoms in total. The minimum atomic E-state index is -0.274. The van der Waals surface area contributed by atoms with E-state index in [1.807, 2.05) is 30.3 Å². The Kier molecular flexibility index (Phi) is 5.73. The second-order valence-electron chi connectivity index (χ2n) is 4.70. The Morgan fingerprint density at radius 1 is 1.45 bits per heavy atom. The molecular formula is C15H20N2O3. The summed E-state index contributed by atoms with van der Waals surface area (Å²) in [5.74, 6) is -0.220. The summed E-state index contributed by atoms with van der Waals surface area (Å²) in [6, 6.07) is 9.49. The van der Waals surface area contributed by atoms with Gasteiger partial charge in [0.1, 0.15) is 12.6 Å². The third kappa shape index (κ3) is 4.45. The molecule has 2 atom stereocenters. The molecule has 0 aromatic heterocycles. The van der Waals surface area contributed by atoms with Crippen LogP contribution in [-0.2, 0) is 21.0 Å². The number of ether oxygens (including phenoxy) is 1. The Morgan fingerprint density at radius 3 is 3.00 bits per heavy atom. The average Bonchev–Trinajstić information content (AvgIpc) is 2.95.